The summed E-state index contributed by atoms with van der Waals surface area (Å²) in [6, 6.07) is 70.0. The van der Waals surface area contributed by atoms with E-state index in [9.17, 15) is 0 Å². The summed E-state index contributed by atoms with van der Waals surface area (Å²) in [7, 11) is 0. The Morgan fingerprint density at radius 2 is 1.15 bits per heavy atom. The molecule has 0 saturated carbocycles. The minimum absolute atomic E-state index is 0.0764. The van der Waals surface area contributed by atoms with Gasteiger partial charge in [0, 0.05) is 69.7 Å². The third-order valence-corrected chi connectivity index (χ3v) is 15.0. The van der Waals surface area contributed by atoms with Crippen molar-refractivity contribution in [3.8, 4) is 5.69 Å². The highest BCUT2D eigenvalue weighted by Crippen LogP contribution is 2.46. The molecule has 3 aromatic heterocycles. The maximum atomic E-state index is 7.24. The summed E-state index contributed by atoms with van der Waals surface area (Å²) in [6.45, 7) is 2.31. The van der Waals surface area contributed by atoms with Crippen molar-refractivity contribution in [1.82, 2.24) is 4.57 Å². The van der Waals surface area contributed by atoms with Crippen molar-refractivity contribution in [3.05, 3.63) is 217 Å². The molecule has 1 aliphatic heterocycles. The molecule has 0 aliphatic carbocycles. The van der Waals surface area contributed by atoms with Crippen LogP contribution in [0.5, 0.6) is 0 Å². The first-order chi connectivity index (χ1) is 32.7. The standard InChI is InChI=1S/C61H39N3OS/c1-36-32-33-50(47-28-15-27-46-42-22-10-13-31-54(42)66-60(46)47)62-61(63-57(36)44-26-14-19-37-16-4-5-20-40(37)44)56-43-23-6-7-24-45(43)58(59-55(56)48-25-9-12-30-53(48)65-59)64-51-29-11-8-21-41(51)49-34-38-17-2-3-18-39(38)35-52(49)64/h2-31,33-36H,32H2,1H3/b50-33+,62-61?,63-57?. The number of allylic oxidation sites excluding steroid dienone is 1. The summed E-state index contributed by atoms with van der Waals surface area (Å²) in [5.74, 6) is 0.744. The molecule has 0 bridgehead atoms. The van der Waals surface area contributed by atoms with E-state index in [1.807, 2.05) is 11.3 Å². The summed E-state index contributed by atoms with van der Waals surface area (Å²) >= 11 is 1.84. The number of hydrogen-bond acceptors (Lipinski definition) is 4. The van der Waals surface area contributed by atoms with E-state index in [0.29, 0.717) is 5.84 Å². The third kappa shape index (κ3) is 5.50. The highest BCUT2D eigenvalue weighted by atomic mass is 32.1. The van der Waals surface area contributed by atoms with E-state index < -0.39 is 0 Å². The summed E-state index contributed by atoms with van der Waals surface area (Å²) in [5, 5.41) is 13.8. The van der Waals surface area contributed by atoms with Gasteiger partial charge in [-0.05, 0) is 63.7 Å². The van der Waals surface area contributed by atoms with Gasteiger partial charge in [-0.15, -0.1) is 11.3 Å². The number of fused-ring (bicyclic) bond motifs is 12. The molecule has 310 valence electrons. The van der Waals surface area contributed by atoms with Crippen LogP contribution in [0, 0.1) is 5.92 Å². The van der Waals surface area contributed by atoms with Crippen LogP contribution in [0.15, 0.2) is 215 Å². The minimum atomic E-state index is 0.0764. The van der Waals surface area contributed by atoms with Gasteiger partial charge in [0.25, 0.3) is 0 Å². The van der Waals surface area contributed by atoms with E-state index in [1.54, 1.807) is 0 Å². The van der Waals surface area contributed by atoms with Crippen LogP contribution in [0.1, 0.15) is 30.0 Å². The number of nitrogens with zero attached hydrogens (tertiary/aromatic N) is 3. The summed E-state index contributed by atoms with van der Waals surface area (Å²) in [6.07, 6.45) is 3.13. The summed E-state index contributed by atoms with van der Waals surface area (Å²) in [4.78, 5) is 11.7. The highest BCUT2D eigenvalue weighted by Gasteiger charge is 2.29. The molecule has 0 fully saturated rings. The number of thiophene rings is 1. The van der Waals surface area contributed by atoms with E-state index in [0.717, 1.165) is 84.0 Å². The molecule has 5 heteroatoms. The van der Waals surface area contributed by atoms with Crippen LogP contribution in [-0.2, 0) is 0 Å². The van der Waals surface area contributed by atoms with Crippen molar-refractivity contribution in [1.29, 1.82) is 0 Å². The van der Waals surface area contributed by atoms with E-state index >= 15 is 0 Å². The molecular weight excluding hydrogens is 823 g/mol. The second-order valence-electron chi connectivity index (χ2n) is 17.6. The molecule has 66 heavy (non-hydrogen) atoms. The molecule has 1 unspecified atom stereocenters. The zero-order valence-electron chi connectivity index (χ0n) is 36.0. The number of rotatable bonds is 4. The molecule has 0 amide bonds. The fourth-order valence-electron chi connectivity index (χ4n) is 10.8. The first-order valence-corrected chi connectivity index (χ1v) is 23.5. The number of aliphatic imine (C=N–C) groups is 2. The van der Waals surface area contributed by atoms with Gasteiger partial charge in [-0.25, -0.2) is 9.98 Å². The molecule has 4 heterocycles. The van der Waals surface area contributed by atoms with Gasteiger partial charge in [-0.3, -0.25) is 0 Å². The topological polar surface area (TPSA) is 42.8 Å². The Morgan fingerprint density at radius 1 is 0.515 bits per heavy atom. The quantitative estimate of drug-likeness (QED) is 0.174. The van der Waals surface area contributed by atoms with E-state index in [2.05, 4.69) is 212 Å². The van der Waals surface area contributed by atoms with Crippen molar-refractivity contribution in [3.63, 3.8) is 0 Å². The molecule has 10 aromatic carbocycles. The molecule has 14 rings (SSSR count). The number of amidine groups is 1. The van der Waals surface area contributed by atoms with Gasteiger partial charge in [0.05, 0.1) is 28.1 Å². The number of aromatic nitrogens is 1. The van der Waals surface area contributed by atoms with Crippen molar-refractivity contribution >= 4 is 125 Å². The van der Waals surface area contributed by atoms with Gasteiger partial charge in [0.15, 0.2) is 11.4 Å². The van der Waals surface area contributed by atoms with Gasteiger partial charge in [-0.2, -0.15) is 0 Å². The number of benzene rings is 10. The fourth-order valence-corrected chi connectivity index (χ4v) is 12.0. The Bertz CT molecular complexity index is 4290. The SMILES string of the molecule is CC1C/C=C(\c2cccc3c2sc2ccccc23)N=C(c2c3ccccc3c(-n3c4ccccc4c4cc5ccccc5cc43)c3oc4ccccc4c23)N=C1c1cccc2ccccc12. The van der Waals surface area contributed by atoms with Crippen LogP contribution < -0.4 is 0 Å². The number of furan rings is 1. The Hall–Kier alpha value is -8.12. The average Bonchev–Trinajstić information content (AvgIpc) is 4.04. The Morgan fingerprint density at radius 3 is 2.02 bits per heavy atom. The predicted octanol–water partition coefficient (Wildman–Crippen LogP) is 16.8. The lowest BCUT2D eigenvalue weighted by Gasteiger charge is -2.21. The summed E-state index contributed by atoms with van der Waals surface area (Å²) in [5.41, 5.74) is 10.0. The lowest BCUT2D eigenvalue weighted by molar-refractivity contribution is 0.667. The largest absolute Gasteiger partial charge is 0.454 e. The van der Waals surface area contributed by atoms with Gasteiger partial charge in [0.2, 0.25) is 0 Å². The monoisotopic (exact) mass is 861 g/mol. The molecular formula is C61H39N3OS. The van der Waals surface area contributed by atoms with Crippen LogP contribution in [-0.4, -0.2) is 16.1 Å². The molecule has 1 aliphatic rings. The van der Waals surface area contributed by atoms with Crippen molar-refractivity contribution < 1.29 is 4.42 Å². The maximum Gasteiger partial charge on any atom is 0.161 e. The second-order valence-corrected chi connectivity index (χ2v) is 18.7. The molecule has 1 atom stereocenters. The van der Waals surface area contributed by atoms with Gasteiger partial charge < -0.3 is 8.98 Å². The molecule has 0 spiro atoms. The zero-order chi connectivity index (χ0) is 43.5. The molecule has 0 radical (unpaired) electrons. The van der Waals surface area contributed by atoms with E-state index in [-0.39, 0.29) is 5.92 Å². The van der Waals surface area contributed by atoms with Crippen LogP contribution >= 0.6 is 11.3 Å². The third-order valence-electron chi connectivity index (χ3n) is 13.8. The first kappa shape index (κ1) is 37.3. The van der Waals surface area contributed by atoms with Gasteiger partial charge in [-0.1, -0.05) is 177 Å². The number of para-hydroxylation sites is 2. The highest BCUT2D eigenvalue weighted by molar-refractivity contribution is 7.26. The van der Waals surface area contributed by atoms with Crippen LogP contribution in [0.4, 0.5) is 0 Å². The van der Waals surface area contributed by atoms with Crippen molar-refractivity contribution in [2.75, 3.05) is 0 Å². The van der Waals surface area contributed by atoms with E-state index in [1.165, 1.54) is 52.5 Å². The Labute approximate surface area is 383 Å². The Kier molecular flexibility index (Phi) is 8.16. The van der Waals surface area contributed by atoms with Crippen molar-refractivity contribution in [2.24, 2.45) is 15.9 Å². The lowest BCUT2D eigenvalue weighted by Crippen LogP contribution is -2.18. The van der Waals surface area contributed by atoms with Crippen LogP contribution in [0.3, 0.4) is 0 Å². The second kappa shape index (κ2) is 14.4. The Balaban J connectivity index is 1.14. The predicted molar refractivity (Wildman–Crippen MR) is 281 cm³/mol. The maximum absolute atomic E-state index is 7.24. The van der Waals surface area contributed by atoms with Gasteiger partial charge >= 0.3 is 0 Å². The van der Waals surface area contributed by atoms with Crippen LogP contribution in [0.25, 0.3) is 108 Å². The molecule has 0 saturated heterocycles. The minimum Gasteiger partial charge on any atom is -0.454 e. The first-order valence-electron chi connectivity index (χ1n) is 22.7. The summed E-state index contributed by atoms with van der Waals surface area (Å²) < 4.78 is 12.2. The molecule has 13 aromatic rings. The van der Waals surface area contributed by atoms with E-state index in [4.69, 9.17) is 14.4 Å². The smallest absolute Gasteiger partial charge is 0.161 e. The van der Waals surface area contributed by atoms with Crippen LogP contribution in [0.2, 0.25) is 0 Å². The zero-order valence-corrected chi connectivity index (χ0v) is 36.8. The van der Waals surface area contributed by atoms with Crippen molar-refractivity contribution in [2.45, 2.75) is 13.3 Å². The average molecular weight is 862 g/mol. The molecule has 4 nitrogen and oxygen atoms in total. The normalized spacial score (nSPS) is 15.6. The van der Waals surface area contributed by atoms with Gasteiger partial charge in [0.1, 0.15) is 5.58 Å². The molecule has 0 N–H and O–H groups in total. The lowest BCUT2D eigenvalue weighted by atomic mass is 9.90. The fraction of sp³-hybridized carbons (Fsp3) is 0.0492. The number of hydrogen-bond donors (Lipinski definition) is 0.